The van der Waals surface area contributed by atoms with Gasteiger partial charge in [0.05, 0.1) is 17.9 Å². The van der Waals surface area contributed by atoms with Gasteiger partial charge in [0.1, 0.15) is 11.6 Å². The summed E-state index contributed by atoms with van der Waals surface area (Å²) in [5.74, 6) is 0.563. The largest absolute Gasteiger partial charge is 0.469 e. The van der Waals surface area contributed by atoms with Crippen molar-refractivity contribution in [2.75, 3.05) is 7.05 Å². The molecule has 0 radical (unpaired) electrons. The molecule has 0 amide bonds. The van der Waals surface area contributed by atoms with Crippen LogP contribution in [0.4, 0.5) is 4.39 Å². The highest BCUT2D eigenvalue weighted by atomic mass is 19.1. The minimum Gasteiger partial charge on any atom is -0.469 e. The molecule has 0 N–H and O–H groups in total. The topological polar surface area (TPSA) is 40.2 Å². The average molecular weight is 258 g/mol. The van der Waals surface area contributed by atoms with E-state index >= 15 is 0 Å². The van der Waals surface area contributed by atoms with Crippen molar-refractivity contribution >= 4 is 0 Å². The molecule has 1 aromatic heterocycles. The van der Waals surface area contributed by atoms with Gasteiger partial charge in [-0.1, -0.05) is 0 Å². The SMILES string of the molecule is Cc1occc1CN(C)Cc1cc(F)ccc1C#N. The monoisotopic (exact) mass is 258 g/mol. The van der Waals surface area contributed by atoms with Gasteiger partial charge in [-0.2, -0.15) is 5.26 Å². The summed E-state index contributed by atoms with van der Waals surface area (Å²) in [6.07, 6.45) is 1.65. The van der Waals surface area contributed by atoms with Crippen LogP contribution in [0.1, 0.15) is 22.5 Å². The summed E-state index contributed by atoms with van der Waals surface area (Å²) in [5.41, 5.74) is 2.31. The molecule has 4 heteroatoms. The van der Waals surface area contributed by atoms with Crippen molar-refractivity contribution in [2.24, 2.45) is 0 Å². The van der Waals surface area contributed by atoms with Crippen LogP contribution in [0.25, 0.3) is 0 Å². The normalized spacial score (nSPS) is 10.7. The van der Waals surface area contributed by atoms with Crippen LogP contribution in [0.3, 0.4) is 0 Å². The molecule has 1 aromatic carbocycles. The van der Waals surface area contributed by atoms with Crippen LogP contribution in [0.2, 0.25) is 0 Å². The fourth-order valence-electron chi connectivity index (χ4n) is 2.01. The molecular formula is C15H15FN2O. The number of hydrogen-bond donors (Lipinski definition) is 0. The zero-order valence-corrected chi connectivity index (χ0v) is 11.0. The van der Waals surface area contributed by atoms with Gasteiger partial charge in [-0.05, 0) is 43.8 Å². The molecule has 98 valence electrons. The van der Waals surface area contributed by atoms with E-state index in [4.69, 9.17) is 9.68 Å². The van der Waals surface area contributed by atoms with E-state index in [9.17, 15) is 4.39 Å². The predicted octanol–water partition coefficient (Wildman–Crippen LogP) is 3.23. The van der Waals surface area contributed by atoms with Crippen LogP contribution in [0.5, 0.6) is 0 Å². The standard InChI is InChI=1S/C15H15FN2O/c1-11-13(5-6-19-11)9-18(2)10-14-7-15(16)4-3-12(14)8-17/h3-7H,9-10H2,1-2H3. The summed E-state index contributed by atoms with van der Waals surface area (Å²) in [4.78, 5) is 2.02. The fraction of sp³-hybridized carbons (Fsp3) is 0.267. The van der Waals surface area contributed by atoms with Crippen LogP contribution in [-0.2, 0) is 13.1 Å². The maximum atomic E-state index is 13.2. The summed E-state index contributed by atoms with van der Waals surface area (Å²) < 4.78 is 18.5. The smallest absolute Gasteiger partial charge is 0.123 e. The predicted molar refractivity (Wildman–Crippen MR) is 69.7 cm³/mol. The van der Waals surface area contributed by atoms with Gasteiger partial charge in [0.25, 0.3) is 0 Å². The van der Waals surface area contributed by atoms with Gasteiger partial charge in [0.15, 0.2) is 0 Å². The number of rotatable bonds is 4. The van der Waals surface area contributed by atoms with Crippen LogP contribution in [-0.4, -0.2) is 11.9 Å². The first-order valence-corrected chi connectivity index (χ1v) is 6.00. The molecule has 0 aliphatic heterocycles. The second kappa shape index (κ2) is 5.68. The van der Waals surface area contributed by atoms with E-state index in [1.165, 1.54) is 18.2 Å². The Kier molecular flexibility index (Phi) is 3.98. The maximum absolute atomic E-state index is 13.2. The third-order valence-electron chi connectivity index (χ3n) is 3.03. The second-order valence-electron chi connectivity index (χ2n) is 4.59. The van der Waals surface area contributed by atoms with Gasteiger partial charge < -0.3 is 4.42 Å². The molecule has 0 unspecified atom stereocenters. The Bertz CT molecular complexity index is 613. The van der Waals surface area contributed by atoms with Crippen molar-refractivity contribution in [1.29, 1.82) is 5.26 Å². The third-order valence-corrected chi connectivity index (χ3v) is 3.03. The first-order chi connectivity index (χ1) is 9.10. The van der Waals surface area contributed by atoms with Crippen molar-refractivity contribution < 1.29 is 8.81 Å². The zero-order valence-electron chi connectivity index (χ0n) is 11.0. The highest BCUT2D eigenvalue weighted by molar-refractivity contribution is 5.37. The van der Waals surface area contributed by atoms with Crippen LogP contribution in [0.15, 0.2) is 34.9 Å². The lowest BCUT2D eigenvalue weighted by Gasteiger charge is -2.17. The van der Waals surface area contributed by atoms with Crippen molar-refractivity contribution in [3.8, 4) is 6.07 Å². The van der Waals surface area contributed by atoms with E-state index in [0.717, 1.165) is 11.3 Å². The lowest BCUT2D eigenvalue weighted by Crippen LogP contribution is -2.18. The summed E-state index contributed by atoms with van der Waals surface area (Å²) in [6.45, 7) is 3.13. The lowest BCUT2D eigenvalue weighted by atomic mass is 10.1. The Labute approximate surface area is 111 Å². The van der Waals surface area contributed by atoms with E-state index < -0.39 is 0 Å². The number of benzene rings is 1. The third kappa shape index (κ3) is 3.21. The molecule has 0 spiro atoms. The minimum absolute atomic E-state index is 0.318. The number of hydrogen-bond acceptors (Lipinski definition) is 3. The zero-order chi connectivity index (χ0) is 13.8. The number of aryl methyl sites for hydroxylation is 1. The number of nitriles is 1. The number of halogens is 1. The Morgan fingerprint density at radius 2 is 2.00 bits per heavy atom. The number of nitrogens with zero attached hydrogens (tertiary/aromatic N) is 2. The van der Waals surface area contributed by atoms with E-state index in [1.54, 1.807) is 6.26 Å². The van der Waals surface area contributed by atoms with Gasteiger partial charge in [0, 0.05) is 18.7 Å². The number of furan rings is 1. The summed E-state index contributed by atoms with van der Waals surface area (Å²) >= 11 is 0. The Balaban J connectivity index is 2.11. The molecule has 0 aliphatic carbocycles. The van der Waals surface area contributed by atoms with Crippen molar-refractivity contribution in [3.63, 3.8) is 0 Å². The van der Waals surface area contributed by atoms with Crippen LogP contribution in [0, 0.1) is 24.1 Å². The van der Waals surface area contributed by atoms with E-state index in [-0.39, 0.29) is 5.82 Å². The highest BCUT2D eigenvalue weighted by Crippen LogP contribution is 2.16. The molecule has 2 rings (SSSR count). The molecule has 1 heterocycles. The first-order valence-electron chi connectivity index (χ1n) is 6.00. The lowest BCUT2D eigenvalue weighted by molar-refractivity contribution is 0.315. The van der Waals surface area contributed by atoms with Gasteiger partial charge >= 0.3 is 0 Å². The Hall–Kier alpha value is -2.12. The van der Waals surface area contributed by atoms with Crippen LogP contribution < -0.4 is 0 Å². The van der Waals surface area contributed by atoms with Crippen molar-refractivity contribution in [3.05, 3.63) is 58.8 Å². The average Bonchev–Trinajstić information content (AvgIpc) is 2.75. The van der Waals surface area contributed by atoms with E-state index in [2.05, 4.69) is 6.07 Å². The van der Waals surface area contributed by atoms with Gasteiger partial charge in [0.2, 0.25) is 0 Å². The summed E-state index contributed by atoms with van der Waals surface area (Å²) in [5, 5.41) is 9.02. The van der Waals surface area contributed by atoms with E-state index in [0.29, 0.717) is 24.2 Å². The summed E-state index contributed by atoms with van der Waals surface area (Å²) in [6, 6.07) is 8.24. The quantitative estimate of drug-likeness (QED) is 0.845. The van der Waals surface area contributed by atoms with Gasteiger partial charge in [-0.25, -0.2) is 4.39 Å². The molecule has 0 atom stereocenters. The van der Waals surface area contributed by atoms with Crippen LogP contribution >= 0.6 is 0 Å². The minimum atomic E-state index is -0.318. The molecule has 0 bridgehead atoms. The highest BCUT2D eigenvalue weighted by Gasteiger charge is 2.09. The van der Waals surface area contributed by atoms with Crippen molar-refractivity contribution in [1.82, 2.24) is 4.90 Å². The fourth-order valence-corrected chi connectivity index (χ4v) is 2.01. The summed E-state index contributed by atoms with van der Waals surface area (Å²) in [7, 11) is 1.93. The molecule has 0 fully saturated rings. The molecule has 19 heavy (non-hydrogen) atoms. The molecule has 2 aromatic rings. The first kappa shape index (κ1) is 13.3. The molecule has 3 nitrogen and oxygen atoms in total. The Morgan fingerprint density at radius 3 is 2.63 bits per heavy atom. The molecule has 0 saturated heterocycles. The second-order valence-corrected chi connectivity index (χ2v) is 4.59. The Morgan fingerprint density at radius 1 is 1.26 bits per heavy atom. The van der Waals surface area contributed by atoms with Crippen molar-refractivity contribution in [2.45, 2.75) is 20.0 Å². The maximum Gasteiger partial charge on any atom is 0.123 e. The molecule has 0 saturated carbocycles. The van der Waals surface area contributed by atoms with E-state index in [1.807, 2.05) is 24.9 Å². The van der Waals surface area contributed by atoms with Gasteiger partial charge in [-0.15, -0.1) is 0 Å². The molecular weight excluding hydrogens is 243 g/mol. The van der Waals surface area contributed by atoms with Gasteiger partial charge in [-0.3, -0.25) is 4.90 Å². The molecule has 0 aliphatic rings.